The maximum absolute atomic E-state index is 10.1. The molecule has 0 unspecified atom stereocenters. The summed E-state index contributed by atoms with van der Waals surface area (Å²) in [6.45, 7) is 4.17. The quantitative estimate of drug-likeness (QED) is 0.875. The lowest BCUT2D eigenvalue weighted by molar-refractivity contribution is 0.427. The van der Waals surface area contributed by atoms with Gasteiger partial charge in [-0.15, -0.1) is 0 Å². The summed E-state index contributed by atoms with van der Waals surface area (Å²) in [5, 5.41) is 14.3. The van der Waals surface area contributed by atoms with E-state index in [1.807, 2.05) is 31.2 Å². The van der Waals surface area contributed by atoms with Crippen molar-refractivity contribution in [3.05, 3.63) is 41.6 Å². The van der Waals surface area contributed by atoms with Crippen LogP contribution in [-0.2, 0) is 6.42 Å². The van der Waals surface area contributed by atoms with Crippen molar-refractivity contribution in [3.8, 4) is 11.6 Å². The molecule has 17 heavy (non-hydrogen) atoms. The Morgan fingerprint density at radius 2 is 2.18 bits per heavy atom. The summed E-state index contributed by atoms with van der Waals surface area (Å²) in [7, 11) is 0. The third kappa shape index (κ3) is 2.49. The number of rotatable bonds is 4. The Hall–Kier alpha value is -1.77. The number of aromatic hydroxyl groups is 1. The maximum atomic E-state index is 10.1. The second kappa shape index (κ2) is 5.04. The lowest BCUT2D eigenvalue weighted by atomic mass is 10.1. The maximum Gasteiger partial charge on any atom is 0.217 e. The van der Waals surface area contributed by atoms with Gasteiger partial charge in [-0.1, -0.05) is 25.5 Å². The summed E-state index contributed by atoms with van der Waals surface area (Å²) >= 11 is 0. The van der Waals surface area contributed by atoms with E-state index < -0.39 is 0 Å². The molecule has 0 amide bonds. The Morgan fingerprint density at radius 1 is 1.35 bits per heavy atom. The molecule has 0 aliphatic rings. The van der Waals surface area contributed by atoms with Gasteiger partial charge in [-0.2, -0.15) is 5.10 Å². The van der Waals surface area contributed by atoms with Crippen LogP contribution in [0, 0.1) is 6.92 Å². The van der Waals surface area contributed by atoms with Gasteiger partial charge >= 0.3 is 0 Å². The van der Waals surface area contributed by atoms with E-state index in [1.165, 1.54) is 0 Å². The molecule has 0 radical (unpaired) electrons. The van der Waals surface area contributed by atoms with Crippen molar-refractivity contribution < 1.29 is 5.11 Å². The normalized spacial score (nSPS) is 10.7. The molecule has 2 aromatic rings. The van der Waals surface area contributed by atoms with Crippen molar-refractivity contribution in [2.24, 2.45) is 0 Å². The molecule has 1 aromatic heterocycles. The monoisotopic (exact) mass is 230 g/mol. The molecule has 3 heteroatoms. The smallest absolute Gasteiger partial charge is 0.217 e. The number of nitrogens with zero attached hydrogens (tertiary/aromatic N) is 2. The predicted octanol–water partition coefficient (Wildman–Crippen LogP) is 3.23. The summed E-state index contributed by atoms with van der Waals surface area (Å²) in [5.74, 6) is 0.268. The van der Waals surface area contributed by atoms with Crippen LogP contribution in [0.15, 0.2) is 30.5 Å². The van der Waals surface area contributed by atoms with Gasteiger partial charge in [0.05, 0.1) is 11.9 Å². The molecule has 0 spiro atoms. The minimum Gasteiger partial charge on any atom is -0.493 e. The van der Waals surface area contributed by atoms with Crippen molar-refractivity contribution in [2.45, 2.75) is 33.1 Å². The molecule has 1 heterocycles. The van der Waals surface area contributed by atoms with Crippen LogP contribution in [0.25, 0.3) is 5.69 Å². The second-order valence-corrected chi connectivity index (χ2v) is 4.35. The van der Waals surface area contributed by atoms with E-state index in [2.05, 4.69) is 12.0 Å². The molecule has 0 atom stereocenters. The summed E-state index contributed by atoms with van der Waals surface area (Å²) in [6.07, 6.45) is 4.84. The van der Waals surface area contributed by atoms with E-state index in [0.29, 0.717) is 0 Å². The number of hydrogen-bond donors (Lipinski definition) is 1. The largest absolute Gasteiger partial charge is 0.493 e. The van der Waals surface area contributed by atoms with E-state index in [9.17, 15) is 5.11 Å². The van der Waals surface area contributed by atoms with Gasteiger partial charge in [0.2, 0.25) is 5.88 Å². The van der Waals surface area contributed by atoms with Crippen molar-refractivity contribution in [1.29, 1.82) is 0 Å². The van der Waals surface area contributed by atoms with Crippen LogP contribution < -0.4 is 0 Å². The van der Waals surface area contributed by atoms with Crippen molar-refractivity contribution in [2.75, 3.05) is 0 Å². The molecule has 0 aliphatic carbocycles. The van der Waals surface area contributed by atoms with Crippen LogP contribution in [0.5, 0.6) is 5.88 Å². The van der Waals surface area contributed by atoms with Gasteiger partial charge in [-0.3, -0.25) is 0 Å². The van der Waals surface area contributed by atoms with E-state index in [-0.39, 0.29) is 5.88 Å². The first-order chi connectivity index (χ1) is 8.22. The number of aryl methyl sites for hydroxylation is 2. The molecule has 0 saturated carbocycles. The standard InChI is InChI=1S/C14H18N2O/c1-3-4-7-12-10-15-16(14(12)17)13-8-5-6-11(2)9-13/h5-6,8-10,17H,3-4,7H2,1-2H3. The summed E-state index contributed by atoms with van der Waals surface area (Å²) in [4.78, 5) is 0. The molecular weight excluding hydrogens is 212 g/mol. The van der Waals surface area contributed by atoms with Gasteiger partial charge in [0.15, 0.2) is 0 Å². The first kappa shape index (κ1) is 11.7. The fourth-order valence-electron chi connectivity index (χ4n) is 1.87. The zero-order chi connectivity index (χ0) is 12.3. The zero-order valence-corrected chi connectivity index (χ0v) is 10.3. The minimum absolute atomic E-state index is 0.268. The van der Waals surface area contributed by atoms with Crippen LogP contribution in [0.2, 0.25) is 0 Å². The lowest BCUT2D eigenvalue weighted by Gasteiger charge is -2.04. The highest BCUT2D eigenvalue weighted by Crippen LogP contribution is 2.23. The van der Waals surface area contributed by atoms with E-state index in [0.717, 1.165) is 36.1 Å². The summed E-state index contributed by atoms with van der Waals surface area (Å²) < 4.78 is 1.60. The van der Waals surface area contributed by atoms with Gasteiger partial charge in [-0.25, -0.2) is 4.68 Å². The van der Waals surface area contributed by atoms with Crippen LogP contribution >= 0.6 is 0 Å². The molecular formula is C14H18N2O. The fourth-order valence-corrected chi connectivity index (χ4v) is 1.87. The molecule has 1 aromatic carbocycles. The second-order valence-electron chi connectivity index (χ2n) is 4.35. The Bertz CT molecular complexity index is 503. The van der Waals surface area contributed by atoms with E-state index in [1.54, 1.807) is 10.9 Å². The first-order valence-electron chi connectivity index (χ1n) is 6.05. The van der Waals surface area contributed by atoms with Crippen LogP contribution in [0.4, 0.5) is 0 Å². The van der Waals surface area contributed by atoms with E-state index in [4.69, 9.17) is 0 Å². The molecule has 0 aliphatic heterocycles. The number of unbranched alkanes of at least 4 members (excludes halogenated alkanes) is 1. The average Bonchev–Trinajstić information content (AvgIpc) is 2.68. The molecule has 2 rings (SSSR count). The van der Waals surface area contributed by atoms with Crippen LogP contribution in [0.1, 0.15) is 30.9 Å². The topological polar surface area (TPSA) is 38.0 Å². The Kier molecular flexibility index (Phi) is 3.47. The summed E-state index contributed by atoms with van der Waals surface area (Å²) in [5.41, 5.74) is 2.99. The summed E-state index contributed by atoms with van der Waals surface area (Å²) in [6, 6.07) is 7.96. The van der Waals surface area contributed by atoms with Gasteiger partial charge < -0.3 is 5.11 Å². The Morgan fingerprint density at radius 3 is 2.88 bits per heavy atom. The zero-order valence-electron chi connectivity index (χ0n) is 10.3. The van der Waals surface area contributed by atoms with Gasteiger partial charge in [-0.05, 0) is 37.5 Å². The molecule has 3 nitrogen and oxygen atoms in total. The average molecular weight is 230 g/mol. The number of aromatic nitrogens is 2. The first-order valence-corrected chi connectivity index (χ1v) is 6.05. The highest BCUT2D eigenvalue weighted by molar-refractivity contribution is 5.39. The third-order valence-corrected chi connectivity index (χ3v) is 2.86. The number of benzene rings is 1. The van der Waals surface area contributed by atoms with Crippen molar-refractivity contribution >= 4 is 0 Å². The van der Waals surface area contributed by atoms with E-state index >= 15 is 0 Å². The lowest BCUT2D eigenvalue weighted by Crippen LogP contribution is -1.96. The van der Waals surface area contributed by atoms with Crippen LogP contribution in [0.3, 0.4) is 0 Å². The molecule has 1 N–H and O–H groups in total. The van der Waals surface area contributed by atoms with Gasteiger partial charge in [0.25, 0.3) is 0 Å². The SMILES string of the molecule is CCCCc1cnn(-c2cccc(C)c2)c1O. The van der Waals surface area contributed by atoms with Crippen molar-refractivity contribution in [3.63, 3.8) is 0 Å². The predicted molar refractivity (Wildman–Crippen MR) is 68.6 cm³/mol. The minimum atomic E-state index is 0.268. The highest BCUT2D eigenvalue weighted by atomic mass is 16.3. The third-order valence-electron chi connectivity index (χ3n) is 2.86. The number of hydrogen-bond acceptors (Lipinski definition) is 2. The van der Waals surface area contributed by atoms with Gasteiger partial charge in [0.1, 0.15) is 0 Å². The Balaban J connectivity index is 2.30. The molecule has 0 bridgehead atoms. The molecule has 90 valence electrons. The van der Waals surface area contributed by atoms with Gasteiger partial charge in [0, 0.05) is 5.56 Å². The highest BCUT2D eigenvalue weighted by Gasteiger charge is 2.10. The fraction of sp³-hybridized carbons (Fsp3) is 0.357. The van der Waals surface area contributed by atoms with Crippen LogP contribution in [-0.4, -0.2) is 14.9 Å². The Labute approximate surface area is 102 Å². The molecule has 0 saturated heterocycles. The molecule has 0 fully saturated rings. The van der Waals surface area contributed by atoms with Crippen molar-refractivity contribution in [1.82, 2.24) is 9.78 Å².